The van der Waals surface area contributed by atoms with E-state index in [1.807, 2.05) is 11.6 Å². The summed E-state index contributed by atoms with van der Waals surface area (Å²) in [6.07, 6.45) is 4.58. The van der Waals surface area contributed by atoms with E-state index in [2.05, 4.69) is 31.6 Å². The van der Waals surface area contributed by atoms with Crippen LogP contribution in [0.1, 0.15) is 18.4 Å². The number of rotatable bonds is 6. The third-order valence-corrected chi connectivity index (χ3v) is 5.37. The average molecular weight is 368 g/mol. The molecule has 3 rings (SSSR count). The van der Waals surface area contributed by atoms with Gasteiger partial charge in [-0.05, 0) is 6.26 Å². The van der Waals surface area contributed by atoms with E-state index in [9.17, 15) is 4.79 Å². The maximum atomic E-state index is 12.2. The van der Waals surface area contributed by atoms with Crippen molar-refractivity contribution in [3.8, 4) is 0 Å². The Balaban J connectivity index is 1.93. The Morgan fingerprint density at radius 1 is 1.62 bits per heavy atom. The number of ether oxygens (including phenoxy) is 1. The first-order valence-corrected chi connectivity index (χ1v) is 9.87. The number of fused-ring (bicyclic) bond motifs is 1. The number of carbonyl (C=O) groups excluding carboxylic acids is 1. The summed E-state index contributed by atoms with van der Waals surface area (Å²) < 4.78 is 4.95. The number of amidine groups is 1. The minimum Gasteiger partial charge on any atom is -0.466 e. The van der Waals surface area contributed by atoms with Gasteiger partial charge in [0.05, 0.1) is 19.2 Å². The first-order valence-electron chi connectivity index (χ1n) is 7.77. The van der Waals surface area contributed by atoms with Gasteiger partial charge >= 0.3 is 5.97 Å². The van der Waals surface area contributed by atoms with Crippen molar-refractivity contribution in [2.24, 2.45) is 4.99 Å². The summed E-state index contributed by atoms with van der Waals surface area (Å²) >= 11 is 3.14. The highest BCUT2D eigenvalue weighted by atomic mass is 32.2. The highest BCUT2D eigenvalue weighted by Gasteiger charge is 2.39. The van der Waals surface area contributed by atoms with E-state index in [1.54, 1.807) is 29.5 Å². The zero-order valence-electron chi connectivity index (χ0n) is 14.0. The number of esters is 1. The van der Waals surface area contributed by atoms with E-state index >= 15 is 0 Å². The molecule has 1 fully saturated rings. The van der Waals surface area contributed by atoms with E-state index in [-0.39, 0.29) is 12.0 Å². The molecule has 1 unspecified atom stereocenters. The third kappa shape index (κ3) is 3.21. The third-order valence-electron chi connectivity index (χ3n) is 4.18. The first-order chi connectivity index (χ1) is 11.7. The summed E-state index contributed by atoms with van der Waals surface area (Å²) in [6, 6.07) is 0.264. The maximum absolute atomic E-state index is 12.2. The lowest BCUT2D eigenvalue weighted by Crippen LogP contribution is -2.44. The molecule has 2 aliphatic heterocycles. The SMILES string of the molecule is CCN(NSC)C1CC2=C(C(=O)OC)CN=C(c3nccs3)N2C1. The fourth-order valence-corrected chi connectivity index (χ4v) is 4.26. The van der Waals surface area contributed by atoms with Gasteiger partial charge in [-0.3, -0.25) is 4.99 Å². The van der Waals surface area contributed by atoms with Crippen LogP contribution in [0.5, 0.6) is 0 Å². The number of hydrogen-bond acceptors (Lipinski definition) is 9. The van der Waals surface area contributed by atoms with Gasteiger partial charge in [0, 0.05) is 42.8 Å². The van der Waals surface area contributed by atoms with Crippen molar-refractivity contribution in [1.82, 2.24) is 19.7 Å². The summed E-state index contributed by atoms with van der Waals surface area (Å²) in [5.74, 6) is 0.564. The number of hydrazine groups is 1. The summed E-state index contributed by atoms with van der Waals surface area (Å²) in [5.41, 5.74) is 1.66. The molecule has 0 saturated carbocycles. The number of nitrogens with zero attached hydrogens (tertiary/aromatic N) is 4. The molecule has 3 heterocycles. The molecule has 1 atom stereocenters. The zero-order chi connectivity index (χ0) is 17.1. The monoisotopic (exact) mass is 367 g/mol. The van der Waals surface area contributed by atoms with Crippen molar-refractivity contribution in [2.75, 3.05) is 33.0 Å². The van der Waals surface area contributed by atoms with Crippen LogP contribution >= 0.6 is 23.3 Å². The Morgan fingerprint density at radius 3 is 3.08 bits per heavy atom. The predicted molar refractivity (Wildman–Crippen MR) is 96.7 cm³/mol. The lowest BCUT2D eigenvalue weighted by Gasteiger charge is -2.28. The van der Waals surface area contributed by atoms with E-state index in [0.29, 0.717) is 12.1 Å². The van der Waals surface area contributed by atoms with E-state index in [0.717, 1.165) is 36.1 Å². The predicted octanol–water partition coefficient (Wildman–Crippen LogP) is 1.51. The van der Waals surface area contributed by atoms with Gasteiger partial charge in [0.2, 0.25) is 0 Å². The second-order valence-corrected chi connectivity index (χ2v) is 6.93. The molecule has 1 aromatic heterocycles. The molecule has 0 spiro atoms. The lowest BCUT2D eigenvalue weighted by atomic mass is 10.1. The van der Waals surface area contributed by atoms with Crippen LogP contribution in [-0.4, -0.2) is 65.7 Å². The number of nitrogens with one attached hydrogen (secondary N) is 1. The van der Waals surface area contributed by atoms with E-state index < -0.39 is 0 Å². The number of carbonyl (C=O) groups is 1. The van der Waals surface area contributed by atoms with Crippen LogP contribution in [0.15, 0.2) is 27.8 Å². The number of methoxy groups -OCH3 is 1. The molecule has 9 heteroatoms. The van der Waals surface area contributed by atoms with E-state index in [1.165, 1.54) is 7.11 Å². The van der Waals surface area contributed by atoms with Gasteiger partial charge in [0.1, 0.15) is 0 Å². The molecule has 0 aliphatic carbocycles. The van der Waals surface area contributed by atoms with Crippen LogP contribution in [0.4, 0.5) is 0 Å². The normalized spacial score (nSPS) is 20.4. The minimum absolute atomic E-state index is 0.264. The van der Waals surface area contributed by atoms with Gasteiger partial charge in [0.25, 0.3) is 0 Å². The standard InChI is InChI=1S/C15H21N5O2S2/c1-4-20(18-23-3)10-7-12-11(15(21)22-2)8-17-13(19(12)9-10)14-16-5-6-24-14/h5-6,10,18H,4,7-9H2,1-3H3. The summed E-state index contributed by atoms with van der Waals surface area (Å²) in [5, 5.41) is 5.03. The Labute approximate surface area is 149 Å². The van der Waals surface area contributed by atoms with Gasteiger partial charge in [0.15, 0.2) is 10.8 Å². The van der Waals surface area contributed by atoms with Gasteiger partial charge in [-0.15, -0.1) is 11.3 Å². The second-order valence-electron chi connectivity index (χ2n) is 5.44. The molecule has 130 valence electrons. The number of thiazole rings is 1. The van der Waals surface area contributed by atoms with Gasteiger partial charge in [-0.1, -0.05) is 18.9 Å². The number of aromatic nitrogens is 1. The summed E-state index contributed by atoms with van der Waals surface area (Å²) in [7, 11) is 1.42. The van der Waals surface area contributed by atoms with Crippen LogP contribution in [-0.2, 0) is 9.53 Å². The Hall–Kier alpha value is -1.42. The molecule has 0 bridgehead atoms. The molecular formula is C15H21N5O2S2. The number of likely N-dealkylation sites (N-methyl/N-ethyl adjacent to an activating group) is 1. The molecule has 0 aromatic carbocycles. The quantitative estimate of drug-likeness (QED) is 0.464. The topological polar surface area (TPSA) is 70.1 Å². The van der Waals surface area contributed by atoms with Gasteiger partial charge in [-0.2, -0.15) is 4.83 Å². The summed E-state index contributed by atoms with van der Waals surface area (Å²) in [4.78, 5) is 26.6. The van der Waals surface area contributed by atoms with E-state index in [4.69, 9.17) is 4.74 Å². The molecule has 0 radical (unpaired) electrons. The molecular weight excluding hydrogens is 346 g/mol. The van der Waals surface area contributed by atoms with Gasteiger partial charge < -0.3 is 9.64 Å². The van der Waals surface area contributed by atoms with Crippen LogP contribution in [0.25, 0.3) is 0 Å². The fourth-order valence-electron chi connectivity index (χ4n) is 3.10. The number of aliphatic imine (C=N–C) groups is 1. The van der Waals surface area contributed by atoms with Crippen molar-refractivity contribution in [3.63, 3.8) is 0 Å². The minimum atomic E-state index is -0.293. The molecule has 24 heavy (non-hydrogen) atoms. The van der Waals surface area contributed by atoms with Crippen molar-refractivity contribution in [3.05, 3.63) is 27.9 Å². The zero-order valence-corrected chi connectivity index (χ0v) is 15.6. The Kier molecular flexibility index (Phi) is 5.54. The molecule has 7 nitrogen and oxygen atoms in total. The average Bonchev–Trinajstić information content (AvgIpc) is 3.27. The smallest absolute Gasteiger partial charge is 0.337 e. The van der Waals surface area contributed by atoms with Crippen molar-refractivity contribution in [1.29, 1.82) is 0 Å². The Bertz CT molecular complexity index is 659. The first kappa shape index (κ1) is 17.4. The molecule has 2 aliphatic rings. The fraction of sp³-hybridized carbons (Fsp3) is 0.533. The molecule has 1 saturated heterocycles. The molecule has 1 N–H and O–H groups in total. The van der Waals surface area contributed by atoms with Gasteiger partial charge in [-0.25, -0.2) is 14.8 Å². The number of hydrogen-bond donors (Lipinski definition) is 1. The van der Waals surface area contributed by atoms with Crippen LogP contribution < -0.4 is 4.83 Å². The van der Waals surface area contributed by atoms with Crippen molar-refractivity contribution >= 4 is 35.1 Å². The largest absolute Gasteiger partial charge is 0.466 e. The van der Waals surface area contributed by atoms with Crippen LogP contribution in [0.3, 0.4) is 0 Å². The highest BCUT2D eigenvalue weighted by molar-refractivity contribution is 7.96. The van der Waals surface area contributed by atoms with Crippen molar-refractivity contribution in [2.45, 2.75) is 19.4 Å². The van der Waals surface area contributed by atoms with Crippen LogP contribution in [0.2, 0.25) is 0 Å². The molecule has 1 aromatic rings. The molecule has 0 amide bonds. The van der Waals surface area contributed by atoms with Crippen molar-refractivity contribution < 1.29 is 9.53 Å². The maximum Gasteiger partial charge on any atom is 0.337 e. The highest BCUT2D eigenvalue weighted by Crippen LogP contribution is 2.33. The second kappa shape index (κ2) is 7.64. The Morgan fingerprint density at radius 2 is 2.46 bits per heavy atom. The summed E-state index contributed by atoms with van der Waals surface area (Å²) in [6.45, 7) is 4.12. The van der Waals surface area contributed by atoms with Crippen LogP contribution in [0, 0.1) is 0 Å². The lowest BCUT2D eigenvalue weighted by molar-refractivity contribution is -0.136.